The summed E-state index contributed by atoms with van der Waals surface area (Å²) in [4.78, 5) is 10.1. The van der Waals surface area contributed by atoms with Crippen LogP contribution < -0.4 is 10.5 Å². The van der Waals surface area contributed by atoms with Crippen LogP contribution in [0.2, 0.25) is 0 Å². The third-order valence-electron chi connectivity index (χ3n) is 3.53. The summed E-state index contributed by atoms with van der Waals surface area (Å²) >= 11 is 0. The average Bonchev–Trinajstić information content (AvgIpc) is 2.97. The number of pyridine rings is 1. The van der Waals surface area contributed by atoms with Gasteiger partial charge in [0.2, 0.25) is 10.0 Å². The van der Waals surface area contributed by atoms with Crippen molar-refractivity contribution < 1.29 is 13.3 Å². The predicted molar refractivity (Wildman–Crippen MR) is 89.7 cm³/mol. The molecule has 0 radical (unpaired) electrons. The maximum Gasteiger partial charge on any atom is 0.271 e. The first-order valence-corrected chi connectivity index (χ1v) is 8.74. The molecular formula is C14H14N6O4S. The lowest BCUT2D eigenvalue weighted by atomic mass is 10.2. The van der Waals surface area contributed by atoms with Crippen LogP contribution in [-0.2, 0) is 16.4 Å². The Hall–Kier alpha value is -3.05. The molecule has 3 rings (SSSR count). The van der Waals surface area contributed by atoms with Crippen LogP contribution in [0, 0.1) is 10.1 Å². The zero-order valence-corrected chi connectivity index (χ0v) is 13.7. The van der Waals surface area contributed by atoms with E-state index in [1.165, 1.54) is 0 Å². The van der Waals surface area contributed by atoms with Crippen LogP contribution in [0.3, 0.4) is 0 Å². The fraction of sp³-hybridized carbons (Fsp3) is 0.143. The van der Waals surface area contributed by atoms with Gasteiger partial charge in [-0.3, -0.25) is 14.5 Å². The van der Waals surface area contributed by atoms with Crippen LogP contribution in [-0.4, -0.2) is 34.5 Å². The Balaban J connectivity index is 1.82. The van der Waals surface area contributed by atoms with Gasteiger partial charge in [-0.05, 0) is 18.2 Å². The number of fused-ring (bicyclic) bond motifs is 1. The van der Waals surface area contributed by atoms with Crippen molar-refractivity contribution in [3.63, 3.8) is 0 Å². The number of anilines is 1. The highest BCUT2D eigenvalue weighted by molar-refractivity contribution is 7.89. The van der Waals surface area contributed by atoms with Gasteiger partial charge < -0.3 is 5.32 Å². The number of sulfonamides is 1. The number of benzene rings is 1. The molecule has 0 unspecified atom stereocenters. The molecule has 0 amide bonds. The number of hydrogen-bond donors (Lipinski definition) is 2. The Morgan fingerprint density at radius 3 is 2.76 bits per heavy atom. The third kappa shape index (κ3) is 3.56. The van der Waals surface area contributed by atoms with E-state index < -0.39 is 14.9 Å². The van der Waals surface area contributed by atoms with Gasteiger partial charge in [0.15, 0.2) is 5.65 Å². The van der Waals surface area contributed by atoms with Gasteiger partial charge in [0, 0.05) is 31.3 Å². The van der Waals surface area contributed by atoms with Crippen molar-refractivity contribution in [3.8, 4) is 0 Å². The zero-order valence-electron chi connectivity index (χ0n) is 12.9. The van der Waals surface area contributed by atoms with Gasteiger partial charge in [-0.25, -0.2) is 13.6 Å². The molecule has 1 aromatic carbocycles. The normalized spacial score (nSPS) is 11.6. The lowest BCUT2D eigenvalue weighted by molar-refractivity contribution is -0.384. The summed E-state index contributed by atoms with van der Waals surface area (Å²) in [7, 11) is -4.01. The average molecular weight is 362 g/mol. The Kier molecular flexibility index (Phi) is 4.33. The van der Waals surface area contributed by atoms with Gasteiger partial charge >= 0.3 is 0 Å². The molecule has 130 valence electrons. The van der Waals surface area contributed by atoms with Gasteiger partial charge in [0.05, 0.1) is 10.6 Å². The van der Waals surface area contributed by atoms with Crippen LogP contribution in [0.15, 0.2) is 47.5 Å². The molecule has 0 aliphatic rings. The maximum atomic E-state index is 11.6. The van der Waals surface area contributed by atoms with Crippen molar-refractivity contribution in [2.75, 3.05) is 11.9 Å². The van der Waals surface area contributed by atoms with E-state index >= 15 is 0 Å². The van der Waals surface area contributed by atoms with Crippen LogP contribution in [0.4, 0.5) is 11.4 Å². The molecule has 0 saturated heterocycles. The van der Waals surface area contributed by atoms with Crippen molar-refractivity contribution in [1.82, 2.24) is 14.6 Å². The largest absolute Gasteiger partial charge is 0.383 e. The van der Waals surface area contributed by atoms with E-state index in [0.29, 0.717) is 24.4 Å². The van der Waals surface area contributed by atoms with Gasteiger partial charge in [-0.15, -0.1) is 10.2 Å². The summed E-state index contributed by atoms with van der Waals surface area (Å²) in [5, 5.41) is 27.0. The number of hydrogen-bond acceptors (Lipinski definition) is 7. The summed E-state index contributed by atoms with van der Waals surface area (Å²) in [6, 6.07) is 8.84. The molecule has 2 aromatic heterocycles. The second-order valence-corrected chi connectivity index (χ2v) is 6.73. The van der Waals surface area contributed by atoms with Gasteiger partial charge in [0.1, 0.15) is 10.7 Å². The Morgan fingerprint density at radius 1 is 1.24 bits per heavy atom. The maximum absolute atomic E-state index is 11.6. The summed E-state index contributed by atoms with van der Waals surface area (Å²) in [5.41, 5.74) is 0.534. The number of primary sulfonamides is 1. The summed E-state index contributed by atoms with van der Waals surface area (Å²) in [6.07, 6.45) is 2.24. The quantitative estimate of drug-likeness (QED) is 0.490. The smallest absolute Gasteiger partial charge is 0.271 e. The Morgan fingerprint density at radius 2 is 2.04 bits per heavy atom. The van der Waals surface area contributed by atoms with Crippen LogP contribution >= 0.6 is 0 Å². The lowest BCUT2D eigenvalue weighted by Gasteiger charge is -2.10. The van der Waals surface area contributed by atoms with E-state index in [1.807, 2.05) is 24.4 Å². The van der Waals surface area contributed by atoms with E-state index in [4.69, 9.17) is 5.14 Å². The van der Waals surface area contributed by atoms with Crippen molar-refractivity contribution in [2.24, 2.45) is 5.14 Å². The number of nitrogens with zero attached hydrogens (tertiary/aromatic N) is 4. The Labute approximate surface area is 142 Å². The number of nitrogens with one attached hydrogen (secondary N) is 1. The monoisotopic (exact) mass is 362 g/mol. The van der Waals surface area contributed by atoms with E-state index in [-0.39, 0.29) is 16.3 Å². The number of nitro benzene ring substituents is 1. The van der Waals surface area contributed by atoms with Crippen LogP contribution in [0.25, 0.3) is 5.65 Å². The van der Waals surface area contributed by atoms with Crippen molar-refractivity contribution in [3.05, 3.63) is 58.5 Å². The predicted octanol–water partition coefficient (Wildman–Crippen LogP) is 0.939. The van der Waals surface area contributed by atoms with E-state index in [2.05, 4.69) is 15.5 Å². The van der Waals surface area contributed by atoms with Crippen molar-refractivity contribution in [1.29, 1.82) is 0 Å². The SMILES string of the molecule is NS(=O)(=O)c1ccc([N+](=O)[O-])cc1NCCc1nnc2ccccn12. The third-order valence-corrected chi connectivity index (χ3v) is 4.50. The van der Waals surface area contributed by atoms with E-state index in [0.717, 1.165) is 18.2 Å². The van der Waals surface area contributed by atoms with Gasteiger partial charge in [-0.2, -0.15) is 0 Å². The molecule has 3 N–H and O–H groups in total. The summed E-state index contributed by atoms with van der Waals surface area (Å²) in [5.74, 6) is 0.672. The van der Waals surface area contributed by atoms with Crippen molar-refractivity contribution >= 4 is 27.0 Å². The lowest BCUT2D eigenvalue weighted by Crippen LogP contribution is -2.16. The summed E-state index contributed by atoms with van der Waals surface area (Å²) < 4.78 is 25.1. The topological polar surface area (TPSA) is 146 Å². The first kappa shape index (κ1) is 16.8. The molecule has 0 fully saturated rings. The first-order chi connectivity index (χ1) is 11.9. The number of non-ortho nitro benzene ring substituents is 1. The second-order valence-electron chi connectivity index (χ2n) is 5.20. The van der Waals surface area contributed by atoms with E-state index in [9.17, 15) is 18.5 Å². The van der Waals surface area contributed by atoms with Crippen LogP contribution in [0.5, 0.6) is 0 Å². The molecule has 3 aromatic rings. The fourth-order valence-corrected chi connectivity index (χ4v) is 3.08. The molecular weight excluding hydrogens is 348 g/mol. The molecule has 25 heavy (non-hydrogen) atoms. The van der Waals surface area contributed by atoms with Gasteiger partial charge in [-0.1, -0.05) is 6.07 Å². The molecule has 10 nitrogen and oxygen atoms in total. The highest BCUT2D eigenvalue weighted by Gasteiger charge is 2.18. The second kappa shape index (κ2) is 6.45. The van der Waals surface area contributed by atoms with E-state index in [1.54, 1.807) is 4.40 Å². The first-order valence-electron chi connectivity index (χ1n) is 7.20. The highest BCUT2D eigenvalue weighted by Crippen LogP contribution is 2.25. The number of nitrogens with two attached hydrogens (primary N) is 1. The van der Waals surface area contributed by atoms with Crippen LogP contribution in [0.1, 0.15) is 5.82 Å². The molecule has 0 atom stereocenters. The standard InChI is InChI=1S/C14H14N6O4S/c15-25(23,24)12-5-4-10(20(21)22)9-11(12)16-7-6-14-18-17-13-3-1-2-8-19(13)14/h1-5,8-9,16H,6-7H2,(H2,15,23,24). The zero-order chi connectivity index (χ0) is 18.0. The molecule has 11 heteroatoms. The number of aromatic nitrogens is 3. The number of nitro groups is 1. The van der Waals surface area contributed by atoms with Gasteiger partial charge in [0.25, 0.3) is 5.69 Å². The minimum absolute atomic E-state index is 0.0746. The number of rotatable bonds is 6. The molecule has 0 spiro atoms. The fourth-order valence-electron chi connectivity index (χ4n) is 2.39. The van der Waals surface area contributed by atoms with Crippen molar-refractivity contribution in [2.45, 2.75) is 11.3 Å². The summed E-state index contributed by atoms with van der Waals surface area (Å²) in [6.45, 7) is 0.291. The molecule has 0 saturated carbocycles. The molecule has 2 heterocycles. The Bertz CT molecular complexity index is 1050. The minimum atomic E-state index is -4.01. The molecule has 0 aliphatic heterocycles. The molecule has 0 aliphatic carbocycles. The minimum Gasteiger partial charge on any atom is -0.383 e. The highest BCUT2D eigenvalue weighted by atomic mass is 32.2. The molecule has 0 bridgehead atoms.